The van der Waals surface area contributed by atoms with E-state index in [1.54, 1.807) is 6.08 Å². The number of allylic oxidation sites excluding steroid dienone is 2. The van der Waals surface area contributed by atoms with Crippen molar-refractivity contribution in [3.05, 3.63) is 24.8 Å². The quantitative estimate of drug-likeness (QED) is 0.625. The zero-order valence-corrected chi connectivity index (χ0v) is 9.14. The van der Waals surface area contributed by atoms with Gasteiger partial charge < -0.3 is 5.11 Å². The van der Waals surface area contributed by atoms with Crippen LogP contribution in [0.15, 0.2) is 24.8 Å². The lowest BCUT2D eigenvalue weighted by Gasteiger charge is -2.27. The second-order valence-electron chi connectivity index (χ2n) is 4.23. The van der Waals surface area contributed by atoms with Crippen LogP contribution in [0.5, 0.6) is 0 Å². The van der Waals surface area contributed by atoms with Gasteiger partial charge in [0.2, 0.25) is 0 Å². The van der Waals surface area contributed by atoms with Gasteiger partial charge in [0, 0.05) is 0 Å². The molecule has 0 aliphatic carbocycles. The molecule has 13 heavy (non-hydrogen) atoms. The third-order valence-electron chi connectivity index (χ3n) is 2.71. The van der Waals surface area contributed by atoms with Crippen LogP contribution >= 0.6 is 0 Å². The predicted molar refractivity (Wildman–Crippen MR) is 58.6 cm³/mol. The average Bonchev–Trinajstić information content (AvgIpc) is 2.03. The van der Waals surface area contributed by atoms with Crippen molar-refractivity contribution in [3.63, 3.8) is 0 Å². The summed E-state index contributed by atoms with van der Waals surface area (Å²) >= 11 is 0. The third kappa shape index (κ3) is 4.89. The van der Waals surface area contributed by atoms with Gasteiger partial charge in [-0.3, -0.25) is 0 Å². The summed E-state index contributed by atoms with van der Waals surface area (Å²) in [5, 5.41) is 9.92. The third-order valence-corrected chi connectivity index (χ3v) is 2.71. The lowest BCUT2D eigenvalue weighted by molar-refractivity contribution is 0.00378. The van der Waals surface area contributed by atoms with E-state index in [0.717, 1.165) is 24.8 Å². The highest BCUT2D eigenvalue weighted by molar-refractivity contribution is 5.10. The molecular formula is C12H22O. The van der Waals surface area contributed by atoms with Gasteiger partial charge in [0.05, 0.1) is 5.60 Å². The first-order chi connectivity index (χ1) is 5.90. The van der Waals surface area contributed by atoms with Gasteiger partial charge >= 0.3 is 0 Å². The second kappa shape index (κ2) is 5.23. The van der Waals surface area contributed by atoms with Crippen LogP contribution < -0.4 is 0 Å². The number of hydrogen-bond acceptors (Lipinski definition) is 1. The number of aliphatic hydroxyl groups is 1. The maximum atomic E-state index is 9.92. The van der Waals surface area contributed by atoms with Crippen molar-refractivity contribution < 1.29 is 5.11 Å². The molecule has 0 aromatic carbocycles. The van der Waals surface area contributed by atoms with E-state index in [0.29, 0.717) is 5.92 Å². The molecule has 0 bridgehead atoms. The summed E-state index contributed by atoms with van der Waals surface area (Å²) in [6.07, 6.45) is 4.53. The molecule has 76 valence electrons. The van der Waals surface area contributed by atoms with Crippen molar-refractivity contribution in [3.8, 4) is 0 Å². The summed E-state index contributed by atoms with van der Waals surface area (Å²) in [7, 11) is 0. The summed E-state index contributed by atoms with van der Waals surface area (Å²) in [4.78, 5) is 0. The Hall–Kier alpha value is -0.560. The minimum absolute atomic E-state index is 0.310. The molecule has 0 amide bonds. The van der Waals surface area contributed by atoms with Crippen molar-refractivity contribution in [2.75, 3.05) is 0 Å². The number of hydrogen-bond donors (Lipinski definition) is 1. The van der Waals surface area contributed by atoms with Gasteiger partial charge in [0.15, 0.2) is 0 Å². The first kappa shape index (κ1) is 12.4. The molecular weight excluding hydrogens is 160 g/mol. The molecule has 0 saturated heterocycles. The Kier molecular flexibility index (Phi) is 5.01. The smallest absolute Gasteiger partial charge is 0.0642 e. The normalized spacial score (nSPS) is 15.5. The topological polar surface area (TPSA) is 20.2 Å². The summed E-state index contributed by atoms with van der Waals surface area (Å²) in [5.74, 6) is 0.310. The van der Waals surface area contributed by atoms with Crippen molar-refractivity contribution >= 4 is 0 Å². The van der Waals surface area contributed by atoms with E-state index in [4.69, 9.17) is 0 Å². The van der Waals surface area contributed by atoms with Crippen molar-refractivity contribution in [2.24, 2.45) is 5.92 Å². The highest BCUT2D eigenvalue weighted by Gasteiger charge is 2.23. The molecule has 0 aliphatic heterocycles. The van der Waals surface area contributed by atoms with Crippen LogP contribution in [0.3, 0.4) is 0 Å². The molecule has 0 aliphatic rings. The SMILES string of the molecule is C=CC(=C)CCCC(C)(O)C(C)C. The fourth-order valence-electron chi connectivity index (χ4n) is 1.06. The molecule has 0 heterocycles. The molecule has 0 spiro atoms. The Balaban J connectivity index is 3.76. The zero-order chi connectivity index (χ0) is 10.5. The maximum absolute atomic E-state index is 9.92. The Morgan fingerprint density at radius 1 is 1.54 bits per heavy atom. The van der Waals surface area contributed by atoms with E-state index in [2.05, 4.69) is 13.2 Å². The molecule has 0 radical (unpaired) electrons. The summed E-state index contributed by atoms with van der Waals surface area (Å²) in [5.41, 5.74) is 0.515. The van der Waals surface area contributed by atoms with Crippen LogP contribution in [-0.4, -0.2) is 10.7 Å². The van der Waals surface area contributed by atoms with Gasteiger partial charge in [-0.25, -0.2) is 0 Å². The van der Waals surface area contributed by atoms with E-state index in [1.165, 1.54) is 0 Å². The first-order valence-electron chi connectivity index (χ1n) is 4.92. The summed E-state index contributed by atoms with van der Waals surface area (Å²) in [6.45, 7) is 13.5. The van der Waals surface area contributed by atoms with E-state index in [-0.39, 0.29) is 0 Å². The monoisotopic (exact) mass is 182 g/mol. The van der Waals surface area contributed by atoms with Gasteiger partial charge in [-0.1, -0.05) is 38.7 Å². The fourth-order valence-corrected chi connectivity index (χ4v) is 1.06. The Bertz CT molecular complexity index is 178. The molecule has 0 aromatic heterocycles. The summed E-state index contributed by atoms with van der Waals surface area (Å²) < 4.78 is 0. The van der Waals surface area contributed by atoms with E-state index in [9.17, 15) is 5.11 Å². The Morgan fingerprint density at radius 3 is 2.46 bits per heavy atom. The van der Waals surface area contributed by atoms with Crippen LogP contribution in [0.4, 0.5) is 0 Å². The van der Waals surface area contributed by atoms with E-state index < -0.39 is 5.60 Å². The molecule has 1 atom stereocenters. The van der Waals surface area contributed by atoms with Crippen molar-refractivity contribution in [1.29, 1.82) is 0 Å². The van der Waals surface area contributed by atoms with Crippen LogP contribution in [-0.2, 0) is 0 Å². The van der Waals surface area contributed by atoms with Crippen molar-refractivity contribution in [1.82, 2.24) is 0 Å². The van der Waals surface area contributed by atoms with Gasteiger partial charge in [-0.15, -0.1) is 0 Å². The lowest BCUT2D eigenvalue weighted by Crippen LogP contribution is -2.30. The number of rotatable bonds is 6. The Morgan fingerprint density at radius 2 is 2.08 bits per heavy atom. The molecule has 1 nitrogen and oxygen atoms in total. The molecule has 0 saturated carbocycles. The zero-order valence-electron chi connectivity index (χ0n) is 9.14. The van der Waals surface area contributed by atoms with Crippen LogP contribution in [0.25, 0.3) is 0 Å². The van der Waals surface area contributed by atoms with Crippen LogP contribution in [0.1, 0.15) is 40.0 Å². The first-order valence-corrected chi connectivity index (χ1v) is 4.92. The fraction of sp³-hybridized carbons (Fsp3) is 0.667. The highest BCUT2D eigenvalue weighted by Crippen LogP contribution is 2.23. The Labute approximate surface area is 82.2 Å². The van der Waals surface area contributed by atoms with Crippen LogP contribution in [0, 0.1) is 5.92 Å². The highest BCUT2D eigenvalue weighted by atomic mass is 16.3. The minimum Gasteiger partial charge on any atom is -0.390 e. The molecule has 0 aromatic rings. The molecule has 1 unspecified atom stereocenters. The largest absolute Gasteiger partial charge is 0.390 e. The maximum Gasteiger partial charge on any atom is 0.0642 e. The molecule has 0 fully saturated rings. The standard InChI is InChI=1S/C12H22O/c1-6-11(4)8-7-9-12(5,13)10(2)3/h6,10,13H,1,4,7-9H2,2-3,5H3. The van der Waals surface area contributed by atoms with Gasteiger partial charge in [-0.2, -0.15) is 0 Å². The van der Waals surface area contributed by atoms with Gasteiger partial charge in [0.25, 0.3) is 0 Å². The second-order valence-corrected chi connectivity index (χ2v) is 4.23. The molecule has 0 rings (SSSR count). The molecule has 1 N–H and O–H groups in total. The van der Waals surface area contributed by atoms with Gasteiger partial charge in [-0.05, 0) is 32.1 Å². The van der Waals surface area contributed by atoms with E-state index >= 15 is 0 Å². The molecule has 1 heteroatoms. The van der Waals surface area contributed by atoms with Gasteiger partial charge in [0.1, 0.15) is 0 Å². The summed E-state index contributed by atoms with van der Waals surface area (Å²) in [6, 6.07) is 0. The van der Waals surface area contributed by atoms with Crippen molar-refractivity contribution in [2.45, 2.75) is 45.6 Å². The minimum atomic E-state index is -0.540. The average molecular weight is 182 g/mol. The lowest BCUT2D eigenvalue weighted by atomic mass is 9.87. The van der Waals surface area contributed by atoms with Crippen LogP contribution in [0.2, 0.25) is 0 Å². The predicted octanol–water partition coefficient (Wildman–Crippen LogP) is 3.31. The van der Waals surface area contributed by atoms with E-state index in [1.807, 2.05) is 20.8 Å².